The van der Waals surface area contributed by atoms with Crippen LogP contribution in [-0.2, 0) is 0 Å². The lowest BCUT2D eigenvalue weighted by Gasteiger charge is -2.13. The maximum absolute atomic E-state index is 6.15. The lowest BCUT2D eigenvalue weighted by atomic mass is 10.1. The molecule has 0 fully saturated rings. The summed E-state index contributed by atoms with van der Waals surface area (Å²) in [7, 11) is 0. The van der Waals surface area contributed by atoms with Gasteiger partial charge in [-0.25, -0.2) is 9.97 Å². The Bertz CT molecular complexity index is 505. The number of anilines is 1. The Morgan fingerprint density at radius 1 is 1.16 bits per heavy atom. The Balaban J connectivity index is 1.86. The SMILES string of the molecule is Cc1cc(NCCC(N)c2ccccc2)nc(C)n1. The van der Waals surface area contributed by atoms with Crippen molar-refractivity contribution in [1.29, 1.82) is 0 Å². The summed E-state index contributed by atoms with van der Waals surface area (Å²) >= 11 is 0. The van der Waals surface area contributed by atoms with Crippen LogP contribution in [0.15, 0.2) is 36.4 Å². The van der Waals surface area contributed by atoms with Gasteiger partial charge in [-0.3, -0.25) is 0 Å². The Kier molecular flexibility index (Phi) is 4.47. The van der Waals surface area contributed by atoms with Gasteiger partial charge in [-0.1, -0.05) is 30.3 Å². The van der Waals surface area contributed by atoms with E-state index in [2.05, 4.69) is 27.4 Å². The quantitative estimate of drug-likeness (QED) is 0.863. The molecule has 0 bridgehead atoms. The third-order valence-electron chi connectivity index (χ3n) is 2.96. The van der Waals surface area contributed by atoms with E-state index in [0.29, 0.717) is 0 Å². The van der Waals surface area contributed by atoms with Gasteiger partial charge in [0.25, 0.3) is 0 Å². The summed E-state index contributed by atoms with van der Waals surface area (Å²) < 4.78 is 0. The summed E-state index contributed by atoms with van der Waals surface area (Å²) in [6.07, 6.45) is 0.867. The smallest absolute Gasteiger partial charge is 0.129 e. The van der Waals surface area contributed by atoms with E-state index in [1.54, 1.807) is 0 Å². The Morgan fingerprint density at radius 3 is 2.58 bits per heavy atom. The molecule has 1 aromatic heterocycles. The van der Waals surface area contributed by atoms with E-state index in [1.165, 1.54) is 5.56 Å². The summed E-state index contributed by atoms with van der Waals surface area (Å²) in [5.74, 6) is 1.65. The van der Waals surface area contributed by atoms with Gasteiger partial charge in [0, 0.05) is 24.3 Å². The summed E-state index contributed by atoms with van der Waals surface area (Å²) in [4.78, 5) is 8.59. The highest BCUT2D eigenvalue weighted by atomic mass is 15.0. The third-order valence-corrected chi connectivity index (χ3v) is 2.96. The van der Waals surface area contributed by atoms with E-state index in [4.69, 9.17) is 5.73 Å². The van der Waals surface area contributed by atoms with Gasteiger partial charge in [-0.2, -0.15) is 0 Å². The van der Waals surface area contributed by atoms with Gasteiger partial charge < -0.3 is 11.1 Å². The topological polar surface area (TPSA) is 63.8 Å². The molecule has 4 nitrogen and oxygen atoms in total. The first-order chi connectivity index (χ1) is 9.15. The fraction of sp³-hybridized carbons (Fsp3) is 0.333. The van der Waals surface area contributed by atoms with E-state index in [9.17, 15) is 0 Å². The number of hydrogen-bond acceptors (Lipinski definition) is 4. The minimum Gasteiger partial charge on any atom is -0.370 e. The van der Waals surface area contributed by atoms with Crippen molar-refractivity contribution in [2.24, 2.45) is 5.73 Å². The molecule has 2 rings (SSSR count). The van der Waals surface area contributed by atoms with Gasteiger partial charge in [0.15, 0.2) is 0 Å². The highest BCUT2D eigenvalue weighted by Gasteiger charge is 2.05. The van der Waals surface area contributed by atoms with Gasteiger partial charge >= 0.3 is 0 Å². The third kappa shape index (κ3) is 4.03. The molecule has 0 aliphatic heterocycles. The fourth-order valence-electron chi connectivity index (χ4n) is 2.03. The molecule has 1 aromatic carbocycles. The number of hydrogen-bond donors (Lipinski definition) is 2. The van der Waals surface area contributed by atoms with E-state index >= 15 is 0 Å². The second-order valence-electron chi connectivity index (χ2n) is 4.67. The highest BCUT2D eigenvalue weighted by molar-refractivity contribution is 5.35. The van der Waals surface area contributed by atoms with Gasteiger partial charge in [0.2, 0.25) is 0 Å². The second kappa shape index (κ2) is 6.29. The second-order valence-corrected chi connectivity index (χ2v) is 4.67. The zero-order chi connectivity index (χ0) is 13.7. The first-order valence-corrected chi connectivity index (χ1v) is 6.52. The number of nitrogens with zero attached hydrogens (tertiary/aromatic N) is 2. The summed E-state index contributed by atoms with van der Waals surface area (Å²) in [6, 6.07) is 12.1. The van der Waals surface area contributed by atoms with Crippen molar-refractivity contribution in [2.45, 2.75) is 26.3 Å². The lowest BCUT2D eigenvalue weighted by Crippen LogP contribution is -2.15. The van der Waals surface area contributed by atoms with Crippen LogP contribution in [0.1, 0.15) is 29.5 Å². The molecule has 3 N–H and O–H groups in total. The largest absolute Gasteiger partial charge is 0.370 e. The Labute approximate surface area is 114 Å². The number of nitrogens with one attached hydrogen (secondary N) is 1. The van der Waals surface area contributed by atoms with Crippen LogP contribution in [0, 0.1) is 13.8 Å². The number of aryl methyl sites for hydroxylation is 2. The van der Waals surface area contributed by atoms with Gasteiger partial charge in [0.05, 0.1) is 0 Å². The predicted octanol–water partition coefficient (Wildman–Crippen LogP) is 2.60. The molecular formula is C15H20N4. The molecule has 0 aliphatic rings. The first-order valence-electron chi connectivity index (χ1n) is 6.52. The van der Waals surface area contributed by atoms with Gasteiger partial charge in [-0.15, -0.1) is 0 Å². The fourth-order valence-corrected chi connectivity index (χ4v) is 2.03. The zero-order valence-corrected chi connectivity index (χ0v) is 11.4. The molecule has 0 saturated carbocycles. The monoisotopic (exact) mass is 256 g/mol. The number of rotatable bonds is 5. The lowest BCUT2D eigenvalue weighted by molar-refractivity contribution is 0.674. The Hall–Kier alpha value is -1.94. The summed E-state index contributed by atoms with van der Waals surface area (Å²) in [6.45, 7) is 4.66. The maximum atomic E-state index is 6.15. The molecule has 1 unspecified atom stereocenters. The molecule has 1 heterocycles. The predicted molar refractivity (Wildman–Crippen MR) is 78.0 cm³/mol. The molecule has 0 saturated heterocycles. The number of aromatic nitrogens is 2. The van der Waals surface area contributed by atoms with E-state index in [-0.39, 0.29) is 6.04 Å². The average Bonchev–Trinajstić information content (AvgIpc) is 2.38. The molecule has 1 atom stereocenters. The Morgan fingerprint density at radius 2 is 1.89 bits per heavy atom. The average molecular weight is 256 g/mol. The summed E-state index contributed by atoms with van der Waals surface area (Å²) in [5.41, 5.74) is 8.29. The van der Waals surface area contributed by atoms with Crippen molar-refractivity contribution in [1.82, 2.24) is 9.97 Å². The van der Waals surface area contributed by atoms with Crippen molar-refractivity contribution >= 4 is 5.82 Å². The van der Waals surface area contributed by atoms with Crippen LogP contribution in [0.5, 0.6) is 0 Å². The van der Waals surface area contributed by atoms with Crippen molar-refractivity contribution < 1.29 is 0 Å². The van der Waals surface area contributed by atoms with E-state index in [1.807, 2.05) is 38.1 Å². The van der Waals surface area contributed by atoms with Gasteiger partial charge in [-0.05, 0) is 25.8 Å². The van der Waals surface area contributed by atoms with Crippen LogP contribution in [0.4, 0.5) is 5.82 Å². The molecule has 2 aromatic rings. The maximum Gasteiger partial charge on any atom is 0.129 e. The zero-order valence-electron chi connectivity index (χ0n) is 11.4. The van der Waals surface area contributed by atoms with Crippen LogP contribution in [0.2, 0.25) is 0 Å². The van der Waals surface area contributed by atoms with Crippen molar-refractivity contribution in [2.75, 3.05) is 11.9 Å². The normalized spacial score (nSPS) is 12.2. The number of benzene rings is 1. The van der Waals surface area contributed by atoms with Crippen molar-refractivity contribution in [3.8, 4) is 0 Å². The van der Waals surface area contributed by atoms with Gasteiger partial charge in [0.1, 0.15) is 11.6 Å². The van der Waals surface area contributed by atoms with Crippen LogP contribution in [0.3, 0.4) is 0 Å². The molecule has 19 heavy (non-hydrogen) atoms. The molecule has 4 heteroatoms. The summed E-state index contributed by atoms with van der Waals surface area (Å²) in [5, 5.41) is 3.30. The number of nitrogens with two attached hydrogens (primary N) is 1. The first kappa shape index (κ1) is 13.5. The molecule has 0 amide bonds. The van der Waals surface area contributed by atoms with Crippen LogP contribution in [-0.4, -0.2) is 16.5 Å². The molecule has 0 radical (unpaired) electrons. The molecule has 0 aliphatic carbocycles. The van der Waals surface area contributed by atoms with Crippen LogP contribution >= 0.6 is 0 Å². The van der Waals surface area contributed by atoms with Crippen molar-refractivity contribution in [3.05, 3.63) is 53.5 Å². The standard InChI is InChI=1S/C15H20N4/c1-11-10-15(19-12(2)18-11)17-9-8-14(16)13-6-4-3-5-7-13/h3-7,10,14H,8-9,16H2,1-2H3,(H,17,18,19). The molecule has 0 spiro atoms. The highest BCUT2D eigenvalue weighted by Crippen LogP contribution is 2.13. The van der Waals surface area contributed by atoms with E-state index in [0.717, 1.165) is 30.3 Å². The van der Waals surface area contributed by atoms with Crippen LogP contribution in [0.25, 0.3) is 0 Å². The van der Waals surface area contributed by atoms with Crippen LogP contribution < -0.4 is 11.1 Å². The molecular weight excluding hydrogens is 236 g/mol. The minimum absolute atomic E-state index is 0.0535. The van der Waals surface area contributed by atoms with E-state index < -0.39 is 0 Å². The van der Waals surface area contributed by atoms with Crippen molar-refractivity contribution in [3.63, 3.8) is 0 Å². The molecule has 100 valence electrons. The minimum atomic E-state index is 0.0535.